The van der Waals surface area contributed by atoms with Gasteiger partial charge in [-0.1, -0.05) is 19.6 Å². The van der Waals surface area contributed by atoms with Crippen LogP contribution in [0.5, 0.6) is 0 Å². The van der Waals surface area contributed by atoms with E-state index in [1.54, 1.807) is 12.5 Å². The molecule has 0 bridgehead atoms. The highest BCUT2D eigenvalue weighted by atomic mass is 28.3. The molecule has 1 fully saturated rings. The summed E-state index contributed by atoms with van der Waals surface area (Å²) in [7, 11) is -1.15. The zero-order valence-corrected chi connectivity index (χ0v) is 23.5. The molecule has 1 aliphatic rings. The van der Waals surface area contributed by atoms with E-state index in [4.69, 9.17) is 4.74 Å². The minimum absolute atomic E-state index is 0.109. The number of ether oxygens (including phenoxy) is 1. The first-order chi connectivity index (χ1) is 18.9. The molecule has 11 nitrogen and oxygen atoms in total. The molecule has 2 atom stereocenters. The van der Waals surface area contributed by atoms with Crippen molar-refractivity contribution >= 4 is 24.9 Å². The van der Waals surface area contributed by atoms with Crippen molar-refractivity contribution in [1.29, 1.82) is 10.5 Å². The summed E-state index contributed by atoms with van der Waals surface area (Å²) in [5.41, 5.74) is 2.95. The minimum Gasteiger partial charge on any atom is -0.361 e. The van der Waals surface area contributed by atoms with E-state index in [2.05, 4.69) is 61.7 Å². The van der Waals surface area contributed by atoms with Gasteiger partial charge in [0.05, 0.1) is 36.6 Å². The fourth-order valence-corrected chi connectivity index (χ4v) is 5.80. The van der Waals surface area contributed by atoms with Crippen LogP contribution in [0.4, 0.5) is 5.82 Å². The molecule has 1 aliphatic heterocycles. The SMILES string of the molecule is C[Si](C)(C)CCOCn1ccc2c(-c3cnn([C@@H](CC#N)[C@H]4CCN(c5ncncc5C#N)C4)c3)ncnc21. The fraction of sp³-hybridized carbons (Fsp3) is 0.444. The lowest BCUT2D eigenvalue weighted by molar-refractivity contribution is 0.0899. The van der Waals surface area contributed by atoms with Gasteiger partial charge in [-0.3, -0.25) is 4.68 Å². The molecule has 5 rings (SSSR count). The van der Waals surface area contributed by atoms with E-state index in [-0.39, 0.29) is 12.0 Å². The standard InChI is InChI=1S/C27H32N10OSi/c1-39(2,3)11-10-38-19-36-9-6-23-25(31-18-33-27(23)36)22-14-34-37(16-22)24(4-7-28)20-5-8-35(15-20)26-21(12-29)13-30-17-32-26/h6,9,13-14,16-18,20,24H,4-5,8,10-11,15,19H2,1-3H3/t20-,24-/m0/s1. The number of hydrogen-bond acceptors (Lipinski definition) is 9. The molecular formula is C27H32N10OSi. The smallest absolute Gasteiger partial charge is 0.149 e. The van der Waals surface area contributed by atoms with E-state index in [1.807, 2.05) is 27.7 Å². The summed E-state index contributed by atoms with van der Waals surface area (Å²) in [6.45, 7) is 9.66. The van der Waals surface area contributed by atoms with Crippen molar-refractivity contribution in [3.8, 4) is 23.4 Å². The van der Waals surface area contributed by atoms with Crippen molar-refractivity contribution in [2.45, 2.75) is 51.3 Å². The number of anilines is 1. The molecule has 1 saturated heterocycles. The molecule has 0 amide bonds. The number of rotatable bonds is 10. The van der Waals surface area contributed by atoms with Crippen LogP contribution < -0.4 is 4.90 Å². The monoisotopic (exact) mass is 540 g/mol. The predicted octanol–water partition coefficient (Wildman–Crippen LogP) is 4.25. The van der Waals surface area contributed by atoms with Crippen LogP contribution in [-0.4, -0.2) is 62.1 Å². The largest absolute Gasteiger partial charge is 0.361 e. The maximum absolute atomic E-state index is 9.62. The summed E-state index contributed by atoms with van der Waals surface area (Å²) < 4.78 is 9.84. The van der Waals surface area contributed by atoms with Crippen LogP contribution in [0.3, 0.4) is 0 Å². The average Bonchev–Trinajstić information content (AvgIpc) is 3.69. The topological polar surface area (TPSA) is 134 Å². The Morgan fingerprint density at radius 3 is 2.82 bits per heavy atom. The third kappa shape index (κ3) is 5.82. The fourth-order valence-electron chi connectivity index (χ4n) is 5.04. The molecule has 0 radical (unpaired) electrons. The summed E-state index contributed by atoms with van der Waals surface area (Å²) in [5.74, 6) is 0.822. The summed E-state index contributed by atoms with van der Waals surface area (Å²) in [5, 5.41) is 24.7. The van der Waals surface area contributed by atoms with Crippen LogP contribution in [0.1, 0.15) is 24.4 Å². The summed E-state index contributed by atoms with van der Waals surface area (Å²) in [4.78, 5) is 19.5. The second-order valence-electron chi connectivity index (χ2n) is 11.1. The van der Waals surface area contributed by atoms with Gasteiger partial charge < -0.3 is 14.2 Å². The normalized spacial score (nSPS) is 16.3. The molecule has 12 heteroatoms. The minimum atomic E-state index is -1.15. The molecule has 200 valence electrons. The van der Waals surface area contributed by atoms with E-state index in [9.17, 15) is 10.5 Å². The quantitative estimate of drug-likeness (QED) is 0.214. The van der Waals surface area contributed by atoms with Crippen molar-refractivity contribution in [2.24, 2.45) is 5.92 Å². The van der Waals surface area contributed by atoms with Crippen molar-refractivity contribution in [3.63, 3.8) is 0 Å². The van der Waals surface area contributed by atoms with E-state index in [0.717, 1.165) is 47.9 Å². The highest BCUT2D eigenvalue weighted by Crippen LogP contribution is 2.34. The highest BCUT2D eigenvalue weighted by Gasteiger charge is 2.33. The van der Waals surface area contributed by atoms with Crippen LogP contribution >= 0.6 is 0 Å². The van der Waals surface area contributed by atoms with Crippen molar-refractivity contribution in [2.75, 3.05) is 24.6 Å². The Balaban J connectivity index is 1.34. The maximum Gasteiger partial charge on any atom is 0.149 e. The third-order valence-corrected chi connectivity index (χ3v) is 8.88. The lowest BCUT2D eigenvalue weighted by Gasteiger charge is -2.23. The Bertz CT molecular complexity index is 1530. The first-order valence-electron chi connectivity index (χ1n) is 13.1. The van der Waals surface area contributed by atoms with E-state index in [1.165, 1.54) is 12.5 Å². The molecule has 0 aromatic carbocycles. The first kappa shape index (κ1) is 26.5. The molecule has 0 unspecified atom stereocenters. The molecule has 0 aliphatic carbocycles. The molecule has 0 saturated carbocycles. The highest BCUT2D eigenvalue weighted by molar-refractivity contribution is 6.76. The maximum atomic E-state index is 9.62. The van der Waals surface area contributed by atoms with E-state index < -0.39 is 8.07 Å². The Morgan fingerprint density at radius 2 is 2.03 bits per heavy atom. The van der Waals surface area contributed by atoms with Gasteiger partial charge in [-0.05, 0) is 18.5 Å². The number of hydrogen-bond donors (Lipinski definition) is 0. The second-order valence-corrected chi connectivity index (χ2v) is 16.7. The lowest BCUT2D eigenvalue weighted by Crippen LogP contribution is -2.26. The van der Waals surface area contributed by atoms with Crippen molar-refractivity contribution in [3.05, 3.63) is 49.1 Å². The molecule has 0 N–H and O–H groups in total. The van der Waals surface area contributed by atoms with Crippen molar-refractivity contribution < 1.29 is 4.74 Å². The van der Waals surface area contributed by atoms with Crippen molar-refractivity contribution in [1.82, 2.24) is 34.3 Å². The number of nitrogens with zero attached hydrogens (tertiary/aromatic N) is 10. The van der Waals surface area contributed by atoms with Crippen LogP contribution in [0.25, 0.3) is 22.3 Å². The predicted molar refractivity (Wildman–Crippen MR) is 149 cm³/mol. The lowest BCUT2D eigenvalue weighted by atomic mass is 9.96. The van der Waals surface area contributed by atoms with Gasteiger partial charge in [-0.25, -0.2) is 19.9 Å². The first-order valence-corrected chi connectivity index (χ1v) is 16.8. The molecule has 4 aromatic heterocycles. The van der Waals surface area contributed by atoms with E-state index in [0.29, 0.717) is 31.1 Å². The van der Waals surface area contributed by atoms with Gasteiger partial charge in [0, 0.05) is 57.0 Å². The Morgan fingerprint density at radius 1 is 1.15 bits per heavy atom. The van der Waals surface area contributed by atoms with Gasteiger partial charge in [0.2, 0.25) is 0 Å². The third-order valence-electron chi connectivity index (χ3n) is 7.18. The molecule has 39 heavy (non-hydrogen) atoms. The average molecular weight is 541 g/mol. The zero-order chi connectivity index (χ0) is 27.4. The second kappa shape index (κ2) is 11.3. The molecule has 4 aromatic rings. The number of fused-ring (bicyclic) bond motifs is 1. The van der Waals surface area contributed by atoms with Crippen LogP contribution in [0, 0.1) is 28.6 Å². The number of nitriles is 2. The number of aromatic nitrogens is 7. The summed E-state index contributed by atoms with van der Waals surface area (Å²) in [6, 6.07) is 7.54. The van der Waals surface area contributed by atoms with Gasteiger partial charge >= 0.3 is 0 Å². The van der Waals surface area contributed by atoms with Crippen LogP contribution in [-0.2, 0) is 11.5 Å². The van der Waals surface area contributed by atoms with Gasteiger partial charge in [0.25, 0.3) is 0 Å². The van der Waals surface area contributed by atoms with Gasteiger partial charge in [-0.15, -0.1) is 0 Å². The molecular weight excluding hydrogens is 508 g/mol. The van der Waals surface area contributed by atoms with Crippen LogP contribution in [0.15, 0.2) is 43.5 Å². The molecule has 0 spiro atoms. The Labute approximate surface area is 228 Å². The summed E-state index contributed by atoms with van der Waals surface area (Å²) in [6.07, 6.45) is 11.5. The summed E-state index contributed by atoms with van der Waals surface area (Å²) >= 11 is 0. The Hall–Kier alpha value is -4.13. The van der Waals surface area contributed by atoms with E-state index >= 15 is 0 Å². The zero-order valence-electron chi connectivity index (χ0n) is 22.5. The Kier molecular flexibility index (Phi) is 7.68. The van der Waals surface area contributed by atoms with Gasteiger partial charge in [-0.2, -0.15) is 15.6 Å². The molecule has 5 heterocycles. The van der Waals surface area contributed by atoms with Gasteiger partial charge in [0.1, 0.15) is 42.5 Å². The van der Waals surface area contributed by atoms with Crippen LogP contribution in [0.2, 0.25) is 25.7 Å². The van der Waals surface area contributed by atoms with Gasteiger partial charge in [0.15, 0.2) is 0 Å².